The maximum Gasteiger partial charge on any atom is 0.242 e. The summed E-state index contributed by atoms with van der Waals surface area (Å²) >= 11 is 0. The van der Waals surface area contributed by atoms with E-state index >= 15 is 0 Å². The minimum absolute atomic E-state index is 0.295. The molecule has 0 spiro atoms. The molecule has 4 heteroatoms. The van der Waals surface area contributed by atoms with Gasteiger partial charge in [0.25, 0.3) is 0 Å². The highest BCUT2D eigenvalue weighted by atomic mass is 19.3. The second-order valence-electron chi connectivity index (χ2n) is 4.20. The van der Waals surface area contributed by atoms with Crippen LogP contribution in [0.15, 0.2) is 24.3 Å². The summed E-state index contributed by atoms with van der Waals surface area (Å²) in [5.41, 5.74) is 1.70. The Balaban J connectivity index is 1.94. The number of hydrogen-bond acceptors (Lipinski definition) is 1. The monoisotopic (exact) mass is 225 g/mol. The number of alkyl halides is 2. The van der Waals surface area contributed by atoms with Crippen LogP contribution in [0.4, 0.5) is 14.5 Å². The Labute approximate surface area is 92.7 Å². The average Bonchev–Trinajstić information content (AvgIpc) is 2.96. The van der Waals surface area contributed by atoms with Crippen LogP contribution in [-0.2, 0) is 4.79 Å². The standard InChI is InChI=1S/C12H13F2NO/c1-7-3-2-4-8(5-7)15-12(16)10-6-9(10)11(13)14/h2-5,9-11H,6H2,1H3,(H,15,16)/t9-,10-/m0/s1. The summed E-state index contributed by atoms with van der Waals surface area (Å²) in [4.78, 5) is 11.6. The van der Waals surface area contributed by atoms with Crippen molar-refractivity contribution in [3.05, 3.63) is 29.8 Å². The second-order valence-corrected chi connectivity index (χ2v) is 4.20. The van der Waals surface area contributed by atoms with Gasteiger partial charge in [0.1, 0.15) is 0 Å². The van der Waals surface area contributed by atoms with Crippen LogP contribution >= 0.6 is 0 Å². The summed E-state index contributed by atoms with van der Waals surface area (Å²) < 4.78 is 24.5. The molecular formula is C12H13F2NO. The Kier molecular flexibility index (Phi) is 2.90. The Bertz CT molecular complexity index is 406. The fraction of sp³-hybridized carbons (Fsp3) is 0.417. The molecule has 1 fully saturated rings. The lowest BCUT2D eigenvalue weighted by atomic mass is 10.2. The van der Waals surface area contributed by atoms with Gasteiger partial charge in [0.05, 0.1) is 0 Å². The molecule has 1 N–H and O–H groups in total. The third-order valence-corrected chi connectivity index (χ3v) is 2.79. The number of halogens is 2. The van der Waals surface area contributed by atoms with Gasteiger partial charge in [0.2, 0.25) is 12.3 Å². The number of benzene rings is 1. The molecule has 1 saturated carbocycles. The van der Waals surface area contributed by atoms with Crippen molar-refractivity contribution in [1.82, 2.24) is 0 Å². The van der Waals surface area contributed by atoms with Crippen molar-refractivity contribution in [2.24, 2.45) is 11.8 Å². The van der Waals surface area contributed by atoms with E-state index in [2.05, 4.69) is 5.32 Å². The van der Waals surface area contributed by atoms with E-state index in [4.69, 9.17) is 0 Å². The first-order valence-corrected chi connectivity index (χ1v) is 5.23. The van der Waals surface area contributed by atoms with Crippen molar-refractivity contribution < 1.29 is 13.6 Å². The summed E-state index contributed by atoms with van der Waals surface area (Å²) in [6.07, 6.45) is -2.08. The number of rotatable bonds is 3. The molecule has 0 heterocycles. The first-order valence-electron chi connectivity index (χ1n) is 5.23. The van der Waals surface area contributed by atoms with E-state index in [1.165, 1.54) is 0 Å². The van der Waals surface area contributed by atoms with E-state index < -0.39 is 18.3 Å². The summed E-state index contributed by atoms with van der Waals surface area (Å²) in [6.45, 7) is 1.91. The molecule has 2 rings (SSSR count). The lowest BCUT2D eigenvalue weighted by molar-refractivity contribution is -0.118. The minimum Gasteiger partial charge on any atom is -0.326 e. The smallest absolute Gasteiger partial charge is 0.242 e. The third-order valence-electron chi connectivity index (χ3n) is 2.79. The molecule has 86 valence electrons. The predicted molar refractivity (Wildman–Crippen MR) is 57.4 cm³/mol. The quantitative estimate of drug-likeness (QED) is 0.842. The number of hydrogen-bond donors (Lipinski definition) is 1. The molecule has 1 aromatic carbocycles. The van der Waals surface area contributed by atoms with Crippen molar-refractivity contribution >= 4 is 11.6 Å². The molecule has 1 aromatic rings. The summed E-state index contributed by atoms with van der Waals surface area (Å²) in [5, 5.41) is 2.66. The summed E-state index contributed by atoms with van der Waals surface area (Å²) in [5.74, 6) is -1.55. The van der Waals surface area contributed by atoms with Gasteiger partial charge in [0, 0.05) is 17.5 Å². The Morgan fingerprint density at radius 1 is 1.50 bits per heavy atom. The molecule has 2 nitrogen and oxygen atoms in total. The number of carbonyl (C=O) groups is 1. The lowest BCUT2D eigenvalue weighted by Crippen LogP contribution is -2.16. The van der Waals surface area contributed by atoms with Crippen molar-refractivity contribution in [2.45, 2.75) is 19.8 Å². The van der Waals surface area contributed by atoms with Crippen molar-refractivity contribution in [2.75, 3.05) is 5.32 Å². The topological polar surface area (TPSA) is 29.1 Å². The van der Waals surface area contributed by atoms with Gasteiger partial charge >= 0.3 is 0 Å². The maximum absolute atomic E-state index is 12.3. The molecular weight excluding hydrogens is 212 g/mol. The molecule has 1 amide bonds. The van der Waals surface area contributed by atoms with Gasteiger partial charge in [-0.3, -0.25) is 4.79 Å². The van der Waals surface area contributed by atoms with Gasteiger partial charge in [-0.2, -0.15) is 0 Å². The molecule has 0 aromatic heterocycles. The van der Waals surface area contributed by atoms with E-state index in [9.17, 15) is 13.6 Å². The zero-order valence-corrected chi connectivity index (χ0v) is 8.91. The van der Waals surface area contributed by atoms with E-state index in [0.29, 0.717) is 12.1 Å². The molecule has 2 atom stereocenters. The van der Waals surface area contributed by atoms with Crippen LogP contribution in [0.3, 0.4) is 0 Å². The van der Waals surface area contributed by atoms with Gasteiger partial charge in [-0.25, -0.2) is 8.78 Å². The number of anilines is 1. The van der Waals surface area contributed by atoms with E-state index in [1.54, 1.807) is 6.07 Å². The van der Waals surface area contributed by atoms with Crippen LogP contribution in [0.25, 0.3) is 0 Å². The molecule has 0 unspecified atom stereocenters. The van der Waals surface area contributed by atoms with Gasteiger partial charge in [-0.05, 0) is 31.0 Å². The van der Waals surface area contributed by atoms with Crippen LogP contribution in [0.2, 0.25) is 0 Å². The Hall–Kier alpha value is -1.45. The zero-order valence-electron chi connectivity index (χ0n) is 8.91. The molecule has 0 bridgehead atoms. The number of carbonyl (C=O) groups excluding carboxylic acids is 1. The first-order chi connectivity index (χ1) is 7.58. The van der Waals surface area contributed by atoms with Crippen molar-refractivity contribution in [3.63, 3.8) is 0 Å². The minimum atomic E-state index is -2.38. The number of aryl methyl sites for hydroxylation is 1. The molecule has 1 aliphatic carbocycles. The van der Waals surface area contributed by atoms with Crippen LogP contribution < -0.4 is 5.32 Å². The van der Waals surface area contributed by atoms with Crippen LogP contribution in [0.1, 0.15) is 12.0 Å². The van der Waals surface area contributed by atoms with Gasteiger partial charge < -0.3 is 5.32 Å². The highest BCUT2D eigenvalue weighted by Crippen LogP contribution is 2.43. The largest absolute Gasteiger partial charge is 0.326 e. The lowest BCUT2D eigenvalue weighted by Gasteiger charge is -2.05. The Morgan fingerprint density at radius 3 is 2.81 bits per heavy atom. The van der Waals surface area contributed by atoms with E-state index in [1.807, 2.05) is 25.1 Å². The molecule has 1 aliphatic rings. The number of nitrogens with one attached hydrogen (secondary N) is 1. The fourth-order valence-corrected chi connectivity index (χ4v) is 1.75. The second kappa shape index (κ2) is 4.20. The average molecular weight is 225 g/mol. The maximum atomic E-state index is 12.3. The van der Waals surface area contributed by atoms with Gasteiger partial charge in [-0.1, -0.05) is 12.1 Å². The molecule has 0 saturated heterocycles. The SMILES string of the molecule is Cc1cccc(NC(=O)[C@H]2C[C@@H]2C(F)F)c1. The van der Waals surface area contributed by atoms with E-state index in [0.717, 1.165) is 5.56 Å². The van der Waals surface area contributed by atoms with Crippen LogP contribution in [0.5, 0.6) is 0 Å². The summed E-state index contributed by atoms with van der Waals surface area (Å²) in [7, 11) is 0. The molecule has 0 radical (unpaired) electrons. The van der Waals surface area contributed by atoms with Gasteiger partial charge in [-0.15, -0.1) is 0 Å². The summed E-state index contributed by atoms with van der Waals surface area (Å²) in [6, 6.07) is 7.31. The normalized spacial score (nSPS) is 23.2. The van der Waals surface area contributed by atoms with Crippen LogP contribution in [-0.4, -0.2) is 12.3 Å². The fourth-order valence-electron chi connectivity index (χ4n) is 1.75. The molecule has 16 heavy (non-hydrogen) atoms. The molecule has 0 aliphatic heterocycles. The van der Waals surface area contributed by atoms with Gasteiger partial charge in [0.15, 0.2) is 0 Å². The van der Waals surface area contributed by atoms with Crippen LogP contribution in [0, 0.1) is 18.8 Å². The highest BCUT2D eigenvalue weighted by Gasteiger charge is 2.48. The van der Waals surface area contributed by atoms with Crippen molar-refractivity contribution in [3.8, 4) is 0 Å². The van der Waals surface area contributed by atoms with E-state index in [-0.39, 0.29) is 5.91 Å². The predicted octanol–water partition coefficient (Wildman–Crippen LogP) is 2.83. The third kappa shape index (κ3) is 2.38. The Morgan fingerprint density at radius 2 is 2.25 bits per heavy atom. The number of amides is 1. The first kappa shape index (κ1) is 11.0. The van der Waals surface area contributed by atoms with Crippen molar-refractivity contribution in [1.29, 1.82) is 0 Å². The highest BCUT2D eigenvalue weighted by molar-refractivity contribution is 5.94. The zero-order chi connectivity index (χ0) is 11.7.